The van der Waals surface area contributed by atoms with E-state index in [1.54, 1.807) is 19.3 Å². The normalized spacial score (nSPS) is 16.9. The van der Waals surface area contributed by atoms with E-state index in [0.717, 1.165) is 31.9 Å². The van der Waals surface area contributed by atoms with Crippen LogP contribution in [0.25, 0.3) is 0 Å². The van der Waals surface area contributed by atoms with Crippen LogP contribution in [0, 0.1) is 0 Å². The first kappa shape index (κ1) is 11.8. The van der Waals surface area contributed by atoms with Gasteiger partial charge < -0.3 is 9.80 Å². The van der Waals surface area contributed by atoms with Crippen LogP contribution in [-0.2, 0) is 4.79 Å². The average molecular weight is 234 g/mol. The monoisotopic (exact) mass is 234 g/mol. The summed E-state index contributed by atoms with van der Waals surface area (Å²) in [6, 6.07) is 2.17. The van der Waals surface area contributed by atoms with Crippen LogP contribution >= 0.6 is 0 Å². The fourth-order valence-corrected chi connectivity index (χ4v) is 2.16. The Morgan fingerprint density at radius 3 is 2.47 bits per heavy atom. The number of hydrogen-bond donors (Lipinski definition) is 0. The topological polar surface area (TPSA) is 49.3 Å². The molecule has 2 rings (SSSR count). The summed E-state index contributed by atoms with van der Waals surface area (Å²) in [5.74, 6) is 0.927. The van der Waals surface area contributed by atoms with E-state index in [4.69, 9.17) is 0 Å². The molecule has 5 nitrogen and oxygen atoms in total. The van der Waals surface area contributed by atoms with E-state index in [-0.39, 0.29) is 5.91 Å². The first-order chi connectivity index (χ1) is 8.18. The van der Waals surface area contributed by atoms with Crippen molar-refractivity contribution in [1.29, 1.82) is 0 Å². The Morgan fingerprint density at radius 2 is 1.94 bits per heavy atom. The zero-order valence-corrected chi connectivity index (χ0v) is 10.3. The molecule has 1 amide bonds. The number of anilines is 1. The lowest BCUT2D eigenvalue weighted by Crippen LogP contribution is -2.45. The predicted molar refractivity (Wildman–Crippen MR) is 65.7 cm³/mol. The number of aromatic nitrogens is 2. The van der Waals surface area contributed by atoms with Crippen LogP contribution in [0.4, 0.5) is 5.95 Å². The maximum atomic E-state index is 11.3. The van der Waals surface area contributed by atoms with Crippen LogP contribution in [0.1, 0.15) is 19.8 Å². The summed E-state index contributed by atoms with van der Waals surface area (Å²) in [6.45, 7) is 3.44. The predicted octanol–water partition coefficient (Wildman–Crippen LogP) is 0.924. The van der Waals surface area contributed by atoms with Gasteiger partial charge in [-0.25, -0.2) is 9.97 Å². The lowest BCUT2D eigenvalue weighted by Gasteiger charge is -2.36. The third-order valence-corrected chi connectivity index (χ3v) is 3.34. The third-order valence-electron chi connectivity index (χ3n) is 3.34. The van der Waals surface area contributed by atoms with Gasteiger partial charge in [-0.2, -0.15) is 0 Å². The second-order valence-electron chi connectivity index (χ2n) is 4.40. The van der Waals surface area contributed by atoms with Crippen LogP contribution in [0.5, 0.6) is 0 Å². The molecule has 0 bridgehead atoms. The molecule has 0 saturated carbocycles. The van der Waals surface area contributed by atoms with Crippen LogP contribution in [0.2, 0.25) is 0 Å². The minimum absolute atomic E-state index is 0.138. The molecule has 1 aromatic heterocycles. The summed E-state index contributed by atoms with van der Waals surface area (Å²) < 4.78 is 0. The molecule has 5 heteroatoms. The molecule has 2 heterocycles. The second kappa shape index (κ2) is 5.12. The Balaban J connectivity index is 1.93. The molecule has 0 atom stereocenters. The number of carbonyl (C=O) groups excluding carboxylic acids is 1. The Bertz CT molecular complexity index is 373. The second-order valence-corrected chi connectivity index (χ2v) is 4.40. The Morgan fingerprint density at radius 1 is 1.35 bits per heavy atom. The van der Waals surface area contributed by atoms with Crippen molar-refractivity contribution < 1.29 is 4.79 Å². The molecule has 1 saturated heterocycles. The number of hydrogen-bond acceptors (Lipinski definition) is 4. The molecule has 0 radical (unpaired) electrons. The van der Waals surface area contributed by atoms with Crippen LogP contribution < -0.4 is 4.90 Å². The lowest BCUT2D eigenvalue weighted by molar-refractivity contribution is -0.129. The van der Waals surface area contributed by atoms with Gasteiger partial charge in [0.05, 0.1) is 0 Å². The van der Waals surface area contributed by atoms with Crippen molar-refractivity contribution in [2.24, 2.45) is 0 Å². The molecule has 1 fully saturated rings. The fourth-order valence-electron chi connectivity index (χ4n) is 2.16. The molecule has 0 N–H and O–H groups in total. The number of nitrogens with zero attached hydrogens (tertiary/aromatic N) is 4. The van der Waals surface area contributed by atoms with Crippen molar-refractivity contribution in [2.45, 2.75) is 25.8 Å². The van der Waals surface area contributed by atoms with E-state index in [2.05, 4.69) is 14.9 Å². The molecule has 1 aliphatic heterocycles. The van der Waals surface area contributed by atoms with Gasteiger partial charge in [0.1, 0.15) is 0 Å². The molecule has 0 aromatic carbocycles. The maximum absolute atomic E-state index is 11.3. The number of amides is 1. The van der Waals surface area contributed by atoms with Crippen molar-refractivity contribution >= 4 is 11.9 Å². The van der Waals surface area contributed by atoms with Gasteiger partial charge in [0.25, 0.3) is 0 Å². The first-order valence-electron chi connectivity index (χ1n) is 5.94. The van der Waals surface area contributed by atoms with Crippen molar-refractivity contribution in [3.05, 3.63) is 18.5 Å². The highest BCUT2D eigenvalue weighted by Gasteiger charge is 2.24. The summed E-state index contributed by atoms with van der Waals surface area (Å²) in [5.41, 5.74) is 0. The number of rotatable bonds is 2. The van der Waals surface area contributed by atoms with E-state index in [1.165, 1.54) is 0 Å². The summed E-state index contributed by atoms with van der Waals surface area (Å²) in [4.78, 5) is 23.8. The number of piperidine rings is 1. The SMILES string of the molecule is CC(=O)N(C)C1CCN(c2ncccn2)CC1. The van der Waals surface area contributed by atoms with Crippen LogP contribution in [-0.4, -0.2) is 47.0 Å². The molecule has 0 spiro atoms. The highest BCUT2D eigenvalue weighted by molar-refractivity contribution is 5.73. The van der Waals surface area contributed by atoms with Gasteiger partial charge in [0.2, 0.25) is 11.9 Å². The van der Waals surface area contributed by atoms with Gasteiger partial charge in [0, 0.05) is 45.5 Å². The van der Waals surface area contributed by atoms with E-state index in [0.29, 0.717) is 6.04 Å². The summed E-state index contributed by atoms with van der Waals surface area (Å²) in [6.07, 6.45) is 5.48. The zero-order valence-electron chi connectivity index (χ0n) is 10.3. The molecule has 1 aliphatic rings. The summed E-state index contributed by atoms with van der Waals surface area (Å²) >= 11 is 0. The van der Waals surface area contributed by atoms with Gasteiger partial charge in [-0.05, 0) is 18.9 Å². The first-order valence-corrected chi connectivity index (χ1v) is 5.94. The smallest absolute Gasteiger partial charge is 0.225 e. The Labute approximate surface area is 101 Å². The van der Waals surface area contributed by atoms with Crippen molar-refractivity contribution in [3.8, 4) is 0 Å². The molecule has 0 aliphatic carbocycles. The lowest BCUT2D eigenvalue weighted by atomic mass is 10.0. The highest BCUT2D eigenvalue weighted by Crippen LogP contribution is 2.18. The van der Waals surface area contributed by atoms with Crippen LogP contribution in [0.15, 0.2) is 18.5 Å². The molecule has 92 valence electrons. The maximum Gasteiger partial charge on any atom is 0.225 e. The van der Waals surface area contributed by atoms with Gasteiger partial charge in [-0.1, -0.05) is 0 Å². The van der Waals surface area contributed by atoms with Gasteiger partial charge in [0.15, 0.2) is 0 Å². The van der Waals surface area contributed by atoms with E-state index >= 15 is 0 Å². The van der Waals surface area contributed by atoms with Crippen molar-refractivity contribution in [3.63, 3.8) is 0 Å². The van der Waals surface area contributed by atoms with Crippen molar-refractivity contribution in [1.82, 2.24) is 14.9 Å². The fraction of sp³-hybridized carbons (Fsp3) is 0.583. The molecule has 0 unspecified atom stereocenters. The zero-order chi connectivity index (χ0) is 12.3. The summed E-state index contributed by atoms with van der Waals surface area (Å²) in [5, 5.41) is 0. The largest absolute Gasteiger partial charge is 0.343 e. The van der Waals surface area contributed by atoms with Crippen molar-refractivity contribution in [2.75, 3.05) is 25.0 Å². The van der Waals surface area contributed by atoms with Gasteiger partial charge in [-0.15, -0.1) is 0 Å². The third kappa shape index (κ3) is 2.72. The standard InChI is InChI=1S/C12H18N4O/c1-10(17)15(2)11-4-8-16(9-5-11)12-13-6-3-7-14-12/h3,6-7,11H,4-5,8-9H2,1-2H3. The molecule has 17 heavy (non-hydrogen) atoms. The molecule has 1 aromatic rings. The summed E-state index contributed by atoms with van der Waals surface area (Å²) in [7, 11) is 1.88. The minimum atomic E-state index is 0.138. The molecular formula is C12H18N4O. The molecular weight excluding hydrogens is 216 g/mol. The van der Waals surface area contributed by atoms with E-state index < -0.39 is 0 Å². The van der Waals surface area contributed by atoms with Crippen LogP contribution in [0.3, 0.4) is 0 Å². The van der Waals surface area contributed by atoms with Gasteiger partial charge >= 0.3 is 0 Å². The quantitative estimate of drug-likeness (QED) is 0.763. The highest BCUT2D eigenvalue weighted by atomic mass is 16.2. The Hall–Kier alpha value is -1.65. The van der Waals surface area contributed by atoms with E-state index in [9.17, 15) is 4.79 Å². The Kier molecular flexibility index (Phi) is 3.56. The minimum Gasteiger partial charge on any atom is -0.343 e. The average Bonchev–Trinajstić information content (AvgIpc) is 2.39. The number of carbonyl (C=O) groups is 1. The van der Waals surface area contributed by atoms with E-state index in [1.807, 2.05) is 18.0 Å². The van der Waals surface area contributed by atoms with Gasteiger partial charge in [-0.3, -0.25) is 4.79 Å².